The van der Waals surface area contributed by atoms with Crippen molar-refractivity contribution in [2.24, 2.45) is 0 Å². The van der Waals surface area contributed by atoms with Crippen LogP contribution in [-0.2, 0) is 9.53 Å². The topological polar surface area (TPSA) is 58.6 Å². The van der Waals surface area contributed by atoms with Gasteiger partial charge in [-0.2, -0.15) is 0 Å². The van der Waals surface area contributed by atoms with Gasteiger partial charge < -0.3 is 9.84 Å². The third-order valence-corrected chi connectivity index (χ3v) is 3.56. The molecular formula is C11H19NO3. The van der Waals surface area contributed by atoms with Gasteiger partial charge in [-0.25, -0.2) is 0 Å². The lowest BCUT2D eigenvalue weighted by molar-refractivity contribution is -0.144. The number of rotatable bonds is 4. The molecule has 1 aliphatic heterocycles. The minimum absolute atomic E-state index is 0.224. The molecule has 4 heteroatoms. The zero-order chi connectivity index (χ0) is 10.7. The molecule has 1 unspecified atom stereocenters. The van der Waals surface area contributed by atoms with Crippen molar-refractivity contribution >= 4 is 5.97 Å². The highest BCUT2D eigenvalue weighted by molar-refractivity contribution is 5.79. The molecule has 0 radical (unpaired) electrons. The van der Waals surface area contributed by atoms with Crippen molar-refractivity contribution in [1.82, 2.24) is 5.32 Å². The molecule has 4 nitrogen and oxygen atoms in total. The number of carbonyl (C=O) groups is 1. The molecule has 1 atom stereocenters. The second-order valence-electron chi connectivity index (χ2n) is 4.61. The highest BCUT2D eigenvalue weighted by Gasteiger charge is 2.41. The molecule has 1 heterocycles. The number of hydrogen-bond donors (Lipinski definition) is 2. The quantitative estimate of drug-likeness (QED) is 0.735. The average molecular weight is 213 g/mol. The molecule has 86 valence electrons. The van der Waals surface area contributed by atoms with E-state index in [1.54, 1.807) is 0 Å². The van der Waals surface area contributed by atoms with Crippen LogP contribution in [0.2, 0.25) is 0 Å². The zero-order valence-electron chi connectivity index (χ0n) is 9.00. The van der Waals surface area contributed by atoms with E-state index in [-0.39, 0.29) is 6.10 Å². The van der Waals surface area contributed by atoms with Crippen LogP contribution in [0.1, 0.15) is 38.5 Å². The first-order chi connectivity index (χ1) is 7.23. The molecule has 0 spiro atoms. The van der Waals surface area contributed by atoms with Gasteiger partial charge >= 0.3 is 5.97 Å². The molecule has 15 heavy (non-hydrogen) atoms. The predicted octanol–water partition coefficient (Wildman–Crippen LogP) is 1.15. The van der Waals surface area contributed by atoms with Crippen LogP contribution >= 0.6 is 0 Å². The molecule has 1 saturated carbocycles. The van der Waals surface area contributed by atoms with Crippen molar-refractivity contribution in [1.29, 1.82) is 0 Å². The van der Waals surface area contributed by atoms with Gasteiger partial charge in [0, 0.05) is 13.2 Å². The number of nitrogens with one attached hydrogen (secondary N) is 1. The highest BCUT2D eigenvalue weighted by atomic mass is 16.5. The normalized spacial score (nSPS) is 29.5. The van der Waals surface area contributed by atoms with Gasteiger partial charge in [-0.3, -0.25) is 10.1 Å². The summed E-state index contributed by atoms with van der Waals surface area (Å²) in [6.45, 7) is 1.51. The van der Waals surface area contributed by atoms with Crippen molar-refractivity contribution in [3.63, 3.8) is 0 Å². The first-order valence-electron chi connectivity index (χ1n) is 5.83. The van der Waals surface area contributed by atoms with Crippen molar-refractivity contribution in [2.45, 2.75) is 50.2 Å². The summed E-state index contributed by atoms with van der Waals surface area (Å²) in [7, 11) is 0. The summed E-state index contributed by atoms with van der Waals surface area (Å²) in [6.07, 6.45) is 5.94. The summed E-state index contributed by atoms with van der Waals surface area (Å²) >= 11 is 0. The fourth-order valence-corrected chi connectivity index (χ4v) is 2.56. The van der Waals surface area contributed by atoms with E-state index in [4.69, 9.17) is 4.74 Å². The number of carboxylic acids is 1. The Morgan fingerprint density at radius 1 is 1.40 bits per heavy atom. The fraction of sp³-hybridized carbons (Fsp3) is 0.909. The molecular weight excluding hydrogens is 194 g/mol. The maximum absolute atomic E-state index is 11.2. The minimum Gasteiger partial charge on any atom is -0.480 e. The molecule has 1 saturated heterocycles. The number of aliphatic carboxylic acids is 1. The van der Waals surface area contributed by atoms with Crippen LogP contribution in [0, 0.1) is 0 Å². The van der Waals surface area contributed by atoms with Crippen LogP contribution in [0.25, 0.3) is 0 Å². The van der Waals surface area contributed by atoms with Gasteiger partial charge in [0.25, 0.3) is 0 Å². The minimum atomic E-state index is -0.696. The first-order valence-corrected chi connectivity index (χ1v) is 5.83. The third kappa shape index (κ3) is 2.32. The number of carboxylic acid groups (broad SMARTS) is 1. The van der Waals surface area contributed by atoms with Crippen molar-refractivity contribution in [3.05, 3.63) is 0 Å². The van der Waals surface area contributed by atoms with E-state index < -0.39 is 11.5 Å². The van der Waals surface area contributed by atoms with Gasteiger partial charge in [-0.15, -0.1) is 0 Å². The van der Waals surface area contributed by atoms with Gasteiger partial charge in [-0.05, 0) is 25.7 Å². The molecule has 2 aliphatic rings. The summed E-state index contributed by atoms with van der Waals surface area (Å²) < 4.78 is 5.48. The lowest BCUT2D eigenvalue weighted by Gasteiger charge is -2.26. The van der Waals surface area contributed by atoms with Crippen molar-refractivity contribution in [2.75, 3.05) is 13.2 Å². The Balaban J connectivity index is 1.86. The summed E-state index contributed by atoms with van der Waals surface area (Å²) in [5.74, 6) is -0.696. The monoisotopic (exact) mass is 213 g/mol. The lowest BCUT2D eigenvalue weighted by Crippen LogP contribution is -2.52. The molecule has 0 aromatic heterocycles. The smallest absolute Gasteiger partial charge is 0.323 e. The van der Waals surface area contributed by atoms with E-state index >= 15 is 0 Å². The second-order valence-corrected chi connectivity index (χ2v) is 4.61. The van der Waals surface area contributed by atoms with Crippen LogP contribution in [-0.4, -0.2) is 35.9 Å². The van der Waals surface area contributed by atoms with E-state index in [1.165, 1.54) is 0 Å². The molecule has 0 bridgehead atoms. The average Bonchev–Trinajstić information content (AvgIpc) is 2.87. The SMILES string of the molecule is O=C(O)C1(NCC2CCCO2)CCCC1. The van der Waals surface area contributed by atoms with Crippen LogP contribution in [0.4, 0.5) is 0 Å². The van der Waals surface area contributed by atoms with E-state index in [2.05, 4.69) is 5.32 Å². The Kier molecular flexibility index (Phi) is 3.26. The molecule has 0 aromatic carbocycles. The number of hydrogen-bond acceptors (Lipinski definition) is 3. The zero-order valence-corrected chi connectivity index (χ0v) is 9.00. The Labute approximate surface area is 90.0 Å². The van der Waals surface area contributed by atoms with Gasteiger partial charge in [-0.1, -0.05) is 12.8 Å². The molecule has 1 aliphatic carbocycles. The Hall–Kier alpha value is -0.610. The Morgan fingerprint density at radius 3 is 2.67 bits per heavy atom. The number of ether oxygens (including phenoxy) is 1. The highest BCUT2D eigenvalue weighted by Crippen LogP contribution is 2.30. The van der Waals surface area contributed by atoms with Crippen LogP contribution in [0.3, 0.4) is 0 Å². The lowest BCUT2D eigenvalue weighted by atomic mass is 9.97. The first kappa shape index (κ1) is 10.9. The van der Waals surface area contributed by atoms with Crippen molar-refractivity contribution in [3.8, 4) is 0 Å². The van der Waals surface area contributed by atoms with Gasteiger partial charge in [0.2, 0.25) is 0 Å². The molecule has 0 aromatic rings. The van der Waals surface area contributed by atoms with Crippen LogP contribution < -0.4 is 5.32 Å². The van der Waals surface area contributed by atoms with Crippen LogP contribution in [0.15, 0.2) is 0 Å². The van der Waals surface area contributed by atoms with E-state index in [1.807, 2.05) is 0 Å². The molecule has 2 N–H and O–H groups in total. The van der Waals surface area contributed by atoms with E-state index in [0.717, 1.165) is 45.1 Å². The van der Waals surface area contributed by atoms with Gasteiger partial charge in [0.15, 0.2) is 0 Å². The molecule has 2 rings (SSSR count). The van der Waals surface area contributed by atoms with Crippen LogP contribution in [0.5, 0.6) is 0 Å². The molecule has 0 amide bonds. The Bertz CT molecular complexity index is 230. The van der Waals surface area contributed by atoms with Gasteiger partial charge in [0.1, 0.15) is 5.54 Å². The van der Waals surface area contributed by atoms with Crippen molar-refractivity contribution < 1.29 is 14.6 Å². The fourth-order valence-electron chi connectivity index (χ4n) is 2.56. The largest absolute Gasteiger partial charge is 0.480 e. The maximum atomic E-state index is 11.2. The van der Waals surface area contributed by atoms with E-state index in [9.17, 15) is 9.90 Å². The summed E-state index contributed by atoms with van der Waals surface area (Å²) in [5, 5.41) is 12.4. The molecule has 2 fully saturated rings. The van der Waals surface area contributed by atoms with E-state index in [0.29, 0.717) is 6.54 Å². The summed E-state index contributed by atoms with van der Waals surface area (Å²) in [5.41, 5.74) is -0.661. The summed E-state index contributed by atoms with van der Waals surface area (Å²) in [4.78, 5) is 11.2. The summed E-state index contributed by atoms with van der Waals surface area (Å²) in [6, 6.07) is 0. The third-order valence-electron chi connectivity index (χ3n) is 3.56. The standard InChI is InChI=1S/C11H19NO3/c13-10(14)11(5-1-2-6-11)12-8-9-4-3-7-15-9/h9,12H,1-8H2,(H,13,14). The van der Waals surface area contributed by atoms with Gasteiger partial charge in [0.05, 0.1) is 6.10 Å². The second kappa shape index (κ2) is 4.49. The maximum Gasteiger partial charge on any atom is 0.323 e. The Morgan fingerprint density at radius 2 is 2.13 bits per heavy atom. The predicted molar refractivity (Wildman–Crippen MR) is 55.8 cm³/mol.